The van der Waals surface area contributed by atoms with Gasteiger partial charge in [0.15, 0.2) is 0 Å². The lowest BCUT2D eigenvalue weighted by Gasteiger charge is -2.10. The van der Waals surface area contributed by atoms with Crippen LogP contribution in [0.15, 0.2) is 18.3 Å². The number of pyridine rings is 1. The van der Waals surface area contributed by atoms with E-state index in [0.717, 1.165) is 12.1 Å². The van der Waals surface area contributed by atoms with E-state index in [4.69, 9.17) is 5.26 Å². The number of aromatic nitrogens is 3. The van der Waals surface area contributed by atoms with Gasteiger partial charge in [0.1, 0.15) is 17.6 Å². The summed E-state index contributed by atoms with van der Waals surface area (Å²) in [7, 11) is 1.70. The molecule has 0 aromatic carbocycles. The Morgan fingerprint density at radius 3 is 2.67 bits per heavy atom. The quantitative estimate of drug-likeness (QED) is 0.945. The SMILES string of the molecule is CCc1nn(C)cc1Nc1nc(C(F)(F)F)ccc1C#N. The average molecular weight is 295 g/mol. The minimum absolute atomic E-state index is 0.0360. The lowest BCUT2D eigenvalue weighted by Crippen LogP contribution is -2.10. The highest BCUT2D eigenvalue weighted by Gasteiger charge is 2.33. The predicted molar refractivity (Wildman–Crippen MR) is 69.8 cm³/mol. The largest absolute Gasteiger partial charge is 0.433 e. The Morgan fingerprint density at radius 1 is 1.38 bits per heavy atom. The molecule has 0 aliphatic heterocycles. The molecule has 2 rings (SSSR count). The van der Waals surface area contributed by atoms with Crippen molar-refractivity contribution in [1.29, 1.82) is 5.26 Å². The molecule has 0 spiro atoms. The zero-order valence-corrected chi connectivity index (χ0v) is 11.4. The number of nitrogens with one attached hydrogen (secondary N) is 1. The molecular formula is C13H12F3N5. The van der Waals surface area contributed by atoms with E-state index < -0.39 is 11.9 Å². The van der Waals surface area contributed by atoms with Gasteiger partial charge in [0.05, 0.1) is 16.9 Å². The predicted octanol–water partition coefficient (Wildman–Crippen LogP) is 3.01. The molecule has 110 valence electrons. The number of halogens is 3. The first kappa shape index (κ1) is 14.8. The summed E-state index contributed by atoms with van der Waals surface area (Å²) in [5.41, 5.74) is 0.198. The molecule has 5 nitrogen and oxygen atoms in total. The van der Waals surface area contributed by atoms with Crippen molar-refractivity contribution in [3.05, 3.63) is 35.3 Å². The standard InChI is InChI=1S/C13H12F3N5/c1-3-9-10(7-21(2)20-9)18-12-8(6-17)4-5-11(19-12)13(14,15)16/h4-5,7H,3H2,1-2H3,(H,18,19). The van der Waals surface area contributed by atoms with Crippen molar-refractivity contribution in [2.75, 3.05) is 5.32 Å². The lowest BCUT2D eigenvalue weighted by molar-refractivity contribution is -0.141. The van der Waals surface area contributed by atoms with E-state index in [1.165, 1.54) is 0 Å². The zero-order chi connectivity index (χ0) is 15.6. The molecular weight excluding hydrogens is 283 g/mol. The Morgan fingerprint density at radius 2 is 2.10 bits per heavy atom. The van der Waals surface area contributed by atoms with Crippen LogP contribution in [-0.4, -0.2) is 14.8 Å². The Balaban J connectivity index is 2.45. The smallest absolute Gasteiger partial charge is 0.336 e. The third-order valence-corrected chi connectivity index (χ3v) is 2.80. The fourth-order valence-electron chi connectivity index (χ4n) is 1.83. The molecule has 0 bridgehead atoms. The first-order chi connectivity index (χ1) is 9.85. The molecule has 8 heteroatoms. The summed E-state index contributed by atoms with van der Waals surface area (Å²) in [4.78, 5) is 3.50. The highest BCUT2D eigenvalue weighted by Crippen LogP contribution is 2.30. The molecule has 2 heterocycles. The summed E-state index contributed by atoms with van der Waals surface area (Å²) in [6.07, 6.45) is -2.33. The van der Waals surface area contributed by atoms with Gasteiger partial charge in [-0.15, -0.1) is 0 Å². The van der Waals surface area contributed by atoms with E-state index in [9.17, 15) is 13.2 Å². The second kappa shape index (κ2) is 5.44. The van der Waals surface area contributed by atoms with Crippen molar-refractivity contribution in [3.8, 4) is 6.07 Å². The second-order valence-electron chi connectivity index (χ2n) is 4.34. The summed E-state index contributed by atoms with van der Waals surface area (Å²) in [6.45, 7) is 1.87. The zero-order valence-electron chi connectivity index (χ0n) is 11.4. The summed E-state index contributed by atoms with van der Waals surface area (Å²) in [5, 5.41) is 15.9. The third-order valence-electron chi connectivity index (χ3n) is 2.80. The molecule has 0 atom stereocenters. The van der Waals surface area contributed by atoms with Gasteiger partial charge in [-0.25, -0.2) is 4.98 Å². The molecule has 1 N–H and O–H groups in total. The van der Waals surface area contributed by atoms with Crippen LogP contribution in [0.5, 0.6) is 0 Å². The molecule has 0 radical (unpaired) electrons. The van der Waals surface area contributed by atoms with Crippen molar-refractivity contribution in [3.63, 3.8) is 0 Å². The van der Waals surface area contributed by atoms with Crippen molar-refractivity contribution >= 4 is 11.5 Å². The number of alkyl halides is 3. The van der Waals surface area contributed by atoms with E-state index in [-0.39, 0.29) is 11.4 Å². The van der Waals surface area contributed by atoms with Crippen molar-refractivity contribution in [2.24, 2.45) is 7.05 Å². The van der Waals surface area contributed by atoms with Gasteiger partial charge < -0.3 is 5.32 Å². The van der Waals surface area contributed by atoms with E-state index in [0.29, 0.717) is 17.8 Å². The summed E-state index contributed by atoms with van der Waals surface area (Å²) in [5.74, 6) is -0.130. The maximum Gasteiger partial charge on any atom is 0.433 e. The molecule has 21 heavy (non-hydrogen) atoms. The molecule has 2 aromatic heterocycles. The van der Waals surface area contributed by atoms with E-state index in [1.807, 2.05) is 13.0 Å². The van der Waals surface area contributed by atoms with Crippen molar-refractivity contribution in [1.82, 2.24) is 14.8 Å². The minimum atomic E-state index is -4.56. The molecule has 0 amide bonds. The van der Waals surface area contributed by atoms with Gasteiger partial charge in [-0.2, -0.15) is 23.5 Å². The summed E-state index contributed by atoms with van der Waals surface area (Å²) in [6, 6.07) is 3.70. The Hall–Kier alpha value is -2.56. The minimum Gasteiger partial charge on any atom is -0.336 e. The van der Waals surface area contributed by atoms with Gasteiger partial charge in [-0.1, -0.05) is 6.92 Å². The van der Waals surface area contributed by atoms with Crippen LogP contribution >= 0.6 is 0 Å². The number of nitriles is 1. The van der Waals surface area contributed by atoms with Gasteiger partial charge in [0.25, 0.3) is 0 Å². The van der Waals surface area contributed by atoms with Crippen LogP contribution in [0.25, 0.3) is 0 Å². The third kappa shape index (κ3) is 3.13. The molecule has 0 saturated carbocycles. The van der Waals surface area contributed by atoms with Crippen LogP contribution in [0.2, 0.25) is 0 Å². The molecule has 0 saturated heterocycles. The Bertz CT molecular complexity index is 697. The molecule has 0 aliphatic rings. The van der Waals surface area contributed by atoms with E-state index in [1.54, 1.807) is 17.9 Å². The number of hydrogen-bond acceptors (Lipinski definition) is 4. The van der Waals surface area contributed by atoms with Gasteiger partial charge in [0.2, 0.25) is 0 Å². The number of anilines is 2. The monoisotopic (exact) mass is 295 g/mol. The van der Waals surface area contributed by atoms with E-state index >= 15 is 0 Å². The van der Waals surface area contributed by atoms with Gasteiger partial charge in [0, 0.05) is 13.2 Å². The highest BCUT2D eigenvalue weighted by molar-refractivity contribution is 5.64. The normalized spacial score (nSPS) is 11.2. The molecule has 0 fully saturated rings. The molecule has 0 aliphatic carbocycles. The Kier molecular flexibility index (Phi) is 3.84. The number of rotatable bonds is 3. The van der Waals surface area contributed by atoms with Crippen LogP contribution in [0.1, 0.15) is 23.9 Å². The first-order valence-electron chi connectivity index (χ1n) is 6.13. The van der Waals surface area contributed by atoms with Crippen molar-refractivity contribution in [2.45, 2.75) is 19.5 Å². The molecule has 0 unspecified atom stereocenters. The number of nitrogens with zero attached hydrogens (tertiary/aromatic N) is 4. The summed E-state index contributed by atoms with van der Waals surface area (Å²) < 4.78 is 39.6. The maximum atomic E-state index is 12.7. The lowest BCUT2D eigenvalue weighted by atomic mass is 10.2. The Labute approximate surface area is 119 Å². The summed E-state index contributed by atoms with van der Waals surface area (Å²) >= 11 is 0. The fourth-order valence-corrected chi connectivity index (χ4v) is 1.83. The highest BCUT2D eigenvalue weighted by atomic mass is 19.4. The van der Waals surface area contributed by atoms with Crippen LogP contribution in [0.3, 0.4) is 0 Å². The van der Waals surface area contributed by atoms with Crippen LogP contribution in [0.4, 0.5) is 24.7 Å². The average Bonchev–Trinajstić information content (AvgIpc) is 2.77. The van der Waals surface area contributed by atoms with Crippen LogP contribution < -0.4 is 5.32 Å². The van der Waals surface area contributed by atoms with E-state index in [2.05, 4.69) is 15.4 Å². The second-order valence-corrected chi connectivity index (χ2v) is 4.34. The first-order valence-corrected chi connectivity index (χ1v) is 6.13. The van der Waals surface area contributed by atoms with Gasteiger partial charge in [-0.3, -0.25) is 4.68 Å². The number of aryl methyl sites for hydroxylation is 2. The van der Waals surface area contributed by atoms with Gasteiger partial charge in [-0.05, 0) is 18.6 Å². The van der Waals surface area contributed by atoms with Crippen LogP contribution in [0, 0.1) is 11.3 Å². The maximum absolute atomic E-state index is 12.7. The van der Waals surface area contributed by atoms with Crippen LogP contribution in [-0.2, 0) is 19.6 Å². The fraction of sp³-hybridized carbons (Fsp3) is 0.308. The topological polar surface area (TPSA) is 66.5 Å². The molecule has 2 aromatic rings. The van der Waals surface area contributed by atoms with Gasteiger partial charge >= 0.3 is 6.18 Å². The van der Waals surface area contributed by atoms with Crippen molar-refractivity contribution < 1.29 is 13.2 Å². The number of hydrogen-bond donors (Lipinski definition) is 1.